The summed E-state index contributed by atoms with van der Waals surface area (Å²) in [4.78, 5) is 16.4. The van der Waals surface area contributed by atoms with Crippen LogP contribution >= 0.6 is 11.6 Å². The molecule has 128 valence electrons. The van der Waals surface area contributed by atoms with E-state index in [1.807, 2.05) is 38.1 Å². The van der Waals surface area contributed by atoms with E-state index in [-0.39, 0.29) is 24.7 Å². The number of amides is 2. The maximum absolute atomic E-state index is 12.1. The van der Waals surface area contributed by atoms with Crippen LogP contribution < -0.4 is 10.6 Å². The van der Waals surface area contributed by atoms with E-state index >= 15 is 0 Å². The van der Waals surface area contributed by atoms with Crippen LogP contribution in [0.2, 0.25) is 5.02 Å². The normalized spacial score (nSPS) is 20.1. The summed E-state index contributed by atoms with van der Waals surface area (Å²) >= 11 is 5.92. The number of benzene rings is 1. The van der Waals surface area contributed by atoms with Gasteiger partial charge in [-0.05, 0) is 38.0 Å². The van der Waals surface area contributed by atoms with Crippen molar-refractivity contribution < 1.29 is 13.9 Å². The van der Waals surface area contributed by atoms with Crippen LogP contribution in [0.25, 0.3) is 0 Å². The number of rotatable bonds is 4. The van der Waals surface area contributed by atoms with Crippen LogP contribution in [0.1, 0.15) is 35.4 Å². The quantitative estimate of drug-likeness (QED) is 0.888. The molecule has 0 bridgehead atoms. The first-order chi connectivity index (χ1) is 11.5. The molecule has 0 spiro atoms. The summed E-state index contributed by atoms with van der Waals surface area (Å²) in [5.41, 5.74) is 1.83. The largest absolute Gasteiger partial charge is 0.444 e. The van der Waals surface area contributed by atoms with Crippen molar-refractivity contribution in [2.45, 2.75) is 39.0 Å². The molecule has 1 aliphatic heterocycles. The van der Waals surface area contributed by atoms with E-state index in [1.54, 1.807) is 0 Å². The van der Waals surface area contributed by atoms with E-state index in [9.17, 15) is 4.79 Å². The molecule has 1 fully saturated rings. The number of hydrogen-bond acceptors (Lipinski definition) is 4. The highest BCUT2D eigenvalue weighted by Crippen LogP contribution is 2.29. The van der Waals surface area contributed by atoms with Crippen molar-refractivity contribution in [3.05, 3.63) is 52.2 Å². The van der Waals surface area contributed by atoms with Crippen LogP contribution in [0.15, 0.2) is 28.7 Å². The predicted molar refractivity (Wildman–Crippen MR) is 89.9 cm³/mol. The Balaban J connectivity index is 1.55. The molecule has 1 aromatic carbocycles. The van der Waals surface area contributed by atoms with Gasteiger partial charge in [-0.1, -0.05) is 23.7 Å². The van der Waals surface area contributed by atoms with E-state index in [2.05, 4.69) is 15.6 Å². The van der Waals surface area contributed by atoms with E-state index in [0.717, 1.165) is 23.4 Å². The van der Waals surface area contributed by atoms with Crippen molar-refractivity contribution in [1.82, 2.24) is 15.6 Å². The van der Waals surface area contributed by atoms with Gasteiger partial charge in [0, 0.05) is 11.6 Å². The number of oxazole rings is 1. The predicted octanol–water partition coefficient (Wildman–Crippen LogP) is 3.27. The van der Waals surface area contributed by atoms with Gasteiger partial charge in [0.15, 0.2) is 0 Å². The molecule has 1 aromatic heterocycles. The topological polar surface area (TPSA) is 76.4 Å². The lowest BCUT2D eigenvalue weighted by Gasteiger charge is -2.20. The number of aromatic nitrogens is 1. The second kappa shape index (κ2) is 7.23. The standard InChI is InChI=1S/C17H20ClN3O3/c1-10-11(2)24-15(20-10)9-19-17(22)21-14-7-8-23-16(14)12-3-5-13(18)6-4-12/h3-6,14,16H,7-9H2,1-2H3,(H2,19,21,22)/t14-,16+/m0/s1. The minimum absolute atomic E-state index is 0.0841. The molecule has 2 heterocycles. The number of carbonyl (C=O) groups excluding carboxylic acids is 1. The average Bonchev–Trinajstić information content (AvgIpc) is 3.13. The molecule has 24 heavy (non-hydrogen) atoms. The third-order valence-electron chi connectivity index (χ3n) is 4.08. The van der Waals surface area contributed by atoms with Gasteiger partial charge in [-0.25, -0.2) is 9.78 Å². The fraction of sp³-hybridized carbons (Fsp3) is 0.412. The first-order valence-electron chi connectivity index (χ1n) is 7.87. The Morgan fingerprint density at radius 3 is 2.75 bits per heavy atom. The van der Waals surface area contributed by atoms with Crippen molar-refractivity contribution in [3.8, 4) is 0 Å². The lowest BCUT2D eigenvalue weighted by Crippen LogP contribution is -2.43. The minimum Gasteiger partial charge on any atom is -0.444 e. The zero-order valence-electron chi connectivity index (χ0n) is 13.6. The van der Waals surface area contributed by atoms with E-state index in [1.165, 1.54) is 0 Å². The molecule has 1 aliphatic rings. The van der Waals surface area contributed by atoms with Gasteiger partial charge in [0.2, 0.25) is 5.89 Å². The maximum atomic E-state index is 12.1. The highest BCUT2D eigenvalue weighted by atomic mass is 35.5. The fourth-order valence-electron chi connectivity index (χ4n) is 2.71. The summed E-state index contributed by atoms with van der Waals surface area (Å²) in [6, 6.07) is 7.13. The molecule has 0 radical (unpaired) electrons. The van der Waals surface area contributed by atoms with Gasteiger partial charge in [-0.2, -0.15) is 0 Å². The third kappa shape index (κ3) is 3.88. The molecule has 0 saturated carbocycles. The van der Waals surface area contributed by atoms with Gasteiger partial charge in [0.25, 0.3) is 0 Å². The smallest absolute Gasteiger partial charge is 0.315 e. The second-order valence-electron chi connectivity index (χ2n) is 5.81. The monoisotopic (exact) mass is 349 g/mol. The molecule has 2 N–H and O–H groups in total. The van der Waals surface area contributed by atoms with Crippen molar-refractivity contribution >= 4 is 17.6 Å². The molecular formula is C17H20ClN3O3. The fourth-order valence-corrected chi connectivity index (χ4v) is 2.83. The summed E-state index contributed by atoms with van der Waals surface area (Å²) in [5.74, 6) is 1.26. The molecule has 0 aliphatic carbocycles. The number of nitrogens with zero attached hydrogens (tertiary/aromatic N) is 1. The number of ether oxygens (including phenoxy) is 1. The summed E-state index contributed by atoms with van der Waals surface area (Å²) < 4.78 is 11.2. The maximum Gasteiger partial charge on any atom is 0.315 e. The number of carbonyl (C=O) groups is 1. The molecular weight excluding hydrogens is 330 g/mol. The summed E-state index contributed by atoms with van der Waals surface area (Å²) in [7, 11) is 0. The third-order valence-corrected chi connectivity index (χ3v) is 4.33. The molecule has 2 aromatic rings. The second-order valence-corrected chi connectivity index (χ2v) is 6.25. The van der Waals surface area contributed by atoms with E-state index < -0.39 is 0 Å². The molecule has 7 heteroatoms. The van der Waals surface area contributed by atoms with Crippen LogP contribution in [0, 0.1) is 13.8 Å². The molecule has 0 unspecified atom stereocenters. The summed E-state index contributed by atoms with van der Waals surface area (Å²) in [5, 5.41) is 6.40. The Morgan fingerprint density at radius 1 is 1.33 bits per heavy atom. The zero-order chi connectivity index (χ0) is 17.1. The van der Waals surface area contributed by atoms with Crippen LogP contribution in [0.4, 0.5) is 4.79 Å². The van der Waals surface area contributed by atoms with E-state index in [0.29, 0.717) is 17.5 Å². The number of urea groups is 1. The van der Waals surface area contributed by atoms with Crippen molar-refractivity contribution in [1.29, 1.82) is 0 Å². The van der Waals surface area contributed by atoms with Crippen LogP contribution in [-0.4, -0.2) is 23.7 Å². The first-order valence-corrected chi connectivity index (χ1v) is 8.25. The van der Waals surface area contributed by atoms with Crippen molar-refractivity contribution in [2.24, 2.45) is 0 Å². The van der Waals surface area contributed by atoms with Gasteiger partial charge >= 0.3 is 6.03 Å². The lowest BCUT2D eigenvalue weighted by molar-refractivity contribution is 0.0999. The Bertz CT molecular complexity index is 695. The first kappa shape index (κ1) is 16.8. The molecule has 1 saturated heterocycles. The Labute approximate surface area is 145 Å². The van der Waals surface area contributed by atoms with Crippen LogP contribution in [0.5, 0.6) is 0 Å². The van der Waals surface area contributed by atoms with E-state index in [4.69, 9.17) is 20.8 Å². The molecule has 6 nitrogen and oxygen atoms in total. The van der Waals surface area contributed by atoms with Crippen molar-refractivity contribution in [3.63, 3.8) is 0 Å². The average molecular weight is 350 g/mol. The summed E-state index contributed by atoms with van der Waals surface area (Å²) in [6.07, 6.45) is 0.594. The Morgan fingerprint density at radius 2 is 2.08 bits per heavy atom. The Hall–Kier alpha value is -2.05. The lowest BCUT2D eigenvalue weighted by atomic mass is 10.0. The summed E-state index contributed by atoms with van der Waals surface area (Å²) in [6.45, 7) is 4.57. The highest BCUT2D eigenvalue weighted by molar-refractivity contribution is 6.30. The molecule has 2 amide bonds. The Kier molecular flexibility index (Phi) is 5.06. The molecule has 2 atom stereocenters. The number of nitrogens with one attached hydrogen (secondary N) is 2. The van der Waals surface area contributed by atoms with Crippen molar-refractivity contribution in [2.75, 3.05) is 6.61 Å². The SMILES string of the molecule is Cc1nc(CNC(=O)N[C@H]2CCO[C@@H]2c2ccc(Cl)cc2)oc1C. The number of aryl methyl sites for hydroxylation is 2. The molecule has 3 rings (SSSR count). The number of hydrogen-bond donors (Lipinski definition) is 2. The zero-order valence-corrected chi connectivity index (χ0v) is 14.4. The van der Waals surface area contributed by atoms with Crippen LogP contribution in [0.3, 0.4) is 0 Å². The van der Waals surface area contributed by atoms with Crippen LogP contribution in [-0.2, 0) is 11.3 Å². The van der Waals surface area contributed by atoms with Gasteiger partial charge in [-0.15, -0.1) is 0 Å². The minimum atomic E-state index is -0.266. The van der Waals surface area contributed by atoms with Gasteiger partial charge < -0.3 is 19.8 Å². The highest BCUT2D eigenvalue weighted by Gasteiger charge is 2.30. The van der Waals surface area contributed by atoms with Gasteiger partial charge in [-0.3, -0.25) is 0 Å². The van der Waals surface area contributed by atoms with Gasteiger partial charge in [0.05, 0.1) is 18.3 Å². The number of halogens is 1. The van der Waals surface area contributed by atoms with Gasteiger partial charge in [0.1, 0.15) is 11.9 Å².